The number of imidazole rings is 1. The van der Waals surface area contributed by atoms with Gasteiger partial charge in [-0.25, -0.2) is 4.98 Å². The van der Waals surface area contributed by atoms with Crippen LogP contribution in [-0.4, -0.2) is 9.55 Å². The van der Waals surface area contributed by atoms with Gasteiger partial charge in [-0.05, 0) is 32.1 Å². The lowest BCUT2D eigenvalue weighted by Gasteiger charge is -2.05. The maximum Gasteiger partial charge on any atom is 0.109 e. The lowest BCUT2D eigenvalue weighted by molar-refractivity contribution is 0.613. The van der Waals surface area contributed by atoms with Gasteiger partial charge in [-0.1, -0.05) is 6.42 Å². The van der Waals surface area contributed by atoms with Gasteiger partial charge >= 0.3 is 0 Å². The molecule has 2 aliphatic rings. The van der Waals surface area contributed by atoms with Crippen molar-refractivity contribution in [2.45, 2.75) is 51.5 Å². The molecule has 0 unspecified atom stereocenters. The van der Waals surface area contributed by atoms with Crippen LogP contribution in [0.25, 0.3) is 0 Å². The van der Waals surface area contributed by atoms with Gasteiger partial charge in [0.15, 0.2) is 0 Å². The van der Waals surface area contributed by atoms with Crippen LogP contribution in [0.5, 0.6) is 0 Å². The lowest BCUT2D eigenvalue weighted by Crippen LogP contribution is -2.04. The topological polar surface area (TPSA) is 17.8 Å². The molecule has 1 aromatic rings. The average molecular weight is 176 g/mol. The molecule has 0 radical (unpaired) electrons. The van der Waals surface area contributed by atoms with Crippen LogP contribution in [0.4, 0.5) is 0 Å². The van der Waals surface area contributed by atoms with Crippen molar-refractivity contribution in [2.24, 2.45) is 0 Å². The first-order chi connectivity index (χ1) is 6.45. The predicted octanol–water partition coefficient (Wildman–Crippen LogP) is 2.10. The Morgan fingerprint density at radius 1 is 0.923 bits per heavy atom. The van der Waals surface area contributed by atoms with Crippen LogP contribution in [0.1, 0.15) is 42.9 Å². The number of rotatable bonds is 0. The molecule has 1 aliphatic heterocycles. The molecular weight excluding hydrogens is 160 g/mol. The third-order valence-corrected chi connectivity index (χ3v) is 3.34. The average Bonchev–Trinajstić information content (AvgIpc) is 2.61. The second kappa shape index (κ2) is 2.86. The van der Waals surface area contributed by atoms with Gasteiger partial charge in [0.05, 0.1) is 5.69 Å². The summed E-state index contributed by atoms with van der Waals surface area (Å²) in [6, 6.07) is 0. The number of nitrogens with zero attached hydrogens (tertiary/aromatic N) is 2. The van der Waals surface area contributed by atoms with E-state index in [1.807, 2.05) is 0 Å². The van der Waals surface area contributed by atoms with Gasteiger partial charge in [0.2, 0.25) is 0 Å². The molecule has 2 nitrogen and oxygen atoms in total. The van der Waals surface area contributed by atoms with Crippen LogP contribution >= 0.6 is 0 Å². The molecule has 1 aromatic heterocycles. The Hall–Kier alpha value is -0.790. The maximum atomic E-state index is 4.75. The summed E-state index contributed by atoms with van der Waals surface area (Å²) in [4.78, 5) is 4.75. The molecule has 0 atom stereocenters. The molecule has 0 bridgehead atoms. The first-order valence-electron chi connectivity index (χ1n) is 5.52. The lowest BCUT2D eigenvalue weighted by atomic mass is 10.2. The molecule has 0 fully saturated rings. The summed E-state index contributed by atoms with van der Waals surface area (Å²) >= 11 is 0. The molecule has 3 rings (SSSR count). The third-order valence-electron chi connectivity index (χ3n) is 3.34. The van der Waals surface area contributed by atoms with Crippen LogP contribution in [0.3, 0.4) is 0 Å². The zero-order chi connectivity index (χ0) is 8.67. The fraction of sp³-hybridized carbons (Fsp3) is 0.727. The summed E-state index contributed by atoms with van der Waals surface area (Å²) < 4.78 is 2.51. The molecule has 2 heteroatoms. The molecule has 0 N–H and O–H groups in total. The standard InChI is InChI=1S/C11H16N2/c1-2-7-11-12-9-5-4-6-10(9)13(11)8-3-1/h1-8H2. The van der Waals surface area contributed by atoms with E-state index in [-0.39, 0.29) is 0 Å². The first kappa shape index (κ1) is 7.60. The summed E-state index contributed by atoms with van der Waals surface area (Å²) in [5.74, 6) is 1.38. The predicted molar refractivity (Wildman–Crippen MR) is 51.8 cm³/mol. The number of fused-ring (bicyclic) bond motifs is 3. The Morgan fingerprint density at radius 3 is 2.92 bits per heavy atom. The Kier molecular flexibility index (Phi) is 1.67. The summed E-state index contributed by atoms with van der Waals surface area (Å²) in [5, 5.41) is 0. The highest BCUT2D eigenvalue weighted by molar-refractivity contribution is 5.22. The van der Waals surface area contributed by atoms with Crippen molar-refractivity contribution in [3.05, 3.63) is 17.2 Å². The third kappa shape index (κ3) is 1.11. The molecule has 1 aliphatic carbocycles. The SMILES string of the molecule is C1CCc2nc3c(n2CC1)CCC3. The summed E-state index contributed by atoms with van der Waals surface area (Å²) in [7, 11) is 0. The maximum absolute atomic E-state index is 4.75. The second-order valence-electron chi connectivity index (χ2n) is 4.24. The fourth-order valence-corrected chi connectivity index (χ4v) is 2.68. The summed E-state index contributed by atoms with van der Waals surface area (Å²) in [6.45, 7) is 1.23. The Labute approximate surface area is 79.0 Å². The van der Waals surface area contributed by atoms with E-state index >= 15 is 0 Å². The molecule has 0 amide bonds. The highest BCUT2D eigenvalue weighted by atomic mass is 15.1. The van der Waals surface area contributed by atoms with Crippen molar-refractivity contribution >= 4 is 0 Å². The van der Waals surface area contributed by atoms with Crippen molar-refractivity contribution in [2.75, 3.05) is 0 Å². The normalized spacial score (nSPS) is 20.9. The van der Waals surface area contributed by atoms with Gasteiger partial charge in [0.1, 0.15) is 5.82 Å². The molecular formula is C11H16N2. The van der Waals surface area contributed by atoms with Crippen molar-refractivity contribution < 1.29 is 0 Å². The minimum Gasteiger partial charge on any atom is -0.332 e. The Bertz CT molecular complexity index is 325. The highest BCUT2D eigenvalue weighted by Gasteiger charge is 2.21. The Morgan fingerprint density at radius 2 is 1.92 bits per heavy atom. The zero-order valence-electron chi connectivity index (χ0n) is 8.05. The second-order valence-corrected chi connectivity index (χ2v) is 4.24. The Balaban J connectivity index is 2.06. The van der Waals surface area contributed by atoms with Gasteiger partial charge in [0, 0.05) is 18.7 Å². The van der Waals surface area contributed by atoms with E-state index in [2.05, 4.69) is 4.57 Å². The van der Waals surface area contributed by atoms with E-state index in [9.17, 15) is 0 Å². The van der Waals surface area contributed by atoms with E-state index in [0.717, 1.165) is 0 Å². The molecule has 2 heterocycles. The van der Waals surface area contributed by atoms with E-state index in [1.54, 1.807) is 5.69 Å². The van der Waals surface area contributed by atoms with E-state index < -0.39 is 0 Å². The number of hydrogen-bond acceptors (Lipinski definition) is 1. The van der Waals surface area contributed by atoms with Gasteiger partial charge in [-0.15, -0.1) is 0 Å². The van der Waals surface area contributed by atoms with Crippen LogP contribution in [0.15, 0.2) is 0 Å². The van der Waals surface area contributed by atoms with Crippen molar-refractivity contribution in [3.63, 3.8) is 0 Å². The monoisotopic (exact) mass is 176 g/mol. The van der Waals surface area contributed by atoms with E-state index in [4.69, 9.17) is 4.98 Å². The van der Waals surface area contributed by atoms with Crippen LogP contribution in [0.2, 0.25) is 0 Å². The number of aryl methyl sites for hydroxylation is 2. The molecule has 0 saturated heterocycles. The van der Waals surface area contributed by atoms with E-state index in [1.165, 1.54) is 63.0 Å². The van der Waals surface area contributed by atoms with Crippen LogP contribution in [-0.2, 0) is 25.8 Å². The van der Waals surface area contributed by atoms with Crippen LogP contribution < -0.4 is 0 Å². The van der Waals surface area contributed by atoms with Crippen molar-refractivity contribution in [1.29, 1.82) is 0 Å². The minimum absolute atomic E-state index is 1.22. The van der Waals surface area contributed by atoms with Gasteiger partial charge in [-0.2, -0.15) is 0 Å². The van der Waals surface area contributed by atoms with Gasteiger partial charge < -0.3 is 4.57 Å². The highest BCUT2D eigenvalue weighted by Crippen LogP contribution is 2.25. The summed E-state index contributed by atoms with van der Waals surface area (Å²) in [5.41, 5.74) is 2.98. The molecule has 0 spiro atoms. The number of hydrogen-bond donors (Lipinski definition) is 0. The largest absolute Gasteiger partial charge is 0.332 e. The van der Waals surface area contributed by atoms with Crippen LogP contribution in [0, 0.1) is 0 Å². The van der Waals surface area contributed by atoms with E-state index in [0.29, 0.717) is 0 Å². The quantitative estimate of drug-likeness (QED) is 0.592. The first-order valence-corrected chi connectivity index (χ1v) is 5.52. The zero-order valence-corrected chi connectivity index (χ0v) is 8.05. The van der Waals surface area contributed by atoms with Crippen molar-refractivity contribution in [1.82, 2.24) is 9.55 Å². The fourth-order valence-electron chi connectivity index (χ4n) is 2.68. The van der Waals surface area contributed by atoms with Gasteiger partial charge in [-0.3, -0.25) is 0 Å². The molecule has 70 valence electrons. The summed E-state index contributed by atoms with van der Waals surface area (Å²) in [6.07, 6.45) is 9.15. The number of aromatic nitrogens is 2. The molecule has 0 saturated carbocycles. The minimum atomic E-state index is 1.22. The molecule has 0 aromatic carbocycles. The van der Waals surface area contributed by atoms with Crippen molar-refractivity contribution in [3.8, 4) is 0 Å². The smallest absolute Gasteiger partial charge is 0.109 e. The molecule has 13 heavy (non-hydrogen) atoms. The van der Waals surface area contributed by atoms with Gasteiger partial charge in [0.25, 0.3) is 0 Å².